The van der Waals surface area contributed by atoms with E-state index in [0.29, 0.717) is 17.8 Å². The number of aromatic amines is 1. The molecule has 20 heavy (non-hydrogen) atoms. The summed E-state index contributed by atoms with van der Waals surface area (Å²) in [5.74, 6) is -0.174. The topological polar surface area (TPSA) is 83.8 Å². The highest BCUT2D eigenvalue weighted by atomic mass is 16.1. The largest absolute Gasteiger partial charge is 0.359 e. The number of rotatable bonds is 3. The molecule has 0 spiro atoms. The van der Waals surface area contributed by atoms with Crippen LogP contribution in [0.4, 0.5) is 5.69 Å². The van der Waals surface area contributed by atoms with Crippen LogP contribution in [0, 0.1) is 0 Å². The van der Waals surface area contributed by atoms with Gasteiger partial charge in [-0.15, -0.1) is 0 Å². The Kier molecular flexibility index (Phi) is 3.18. The fraction of sp³-hybridized carbons (Fsp3) is 0.0667. The van der Waals surface area contributed by atoms with E-state index in [1.54, 1.807) is 24.5 Å². The number of nitrogens with two attached hydrogens (primary N) is 1. The van der Waals surface area contributed by atoms with Crippen molar-refractivity contribution in [1.82, 2.24) is 9.97 Å². The third-order valence-electron chi connectivity index (χ3n) is 3.13. The van der Waals surface area contributed by atoms with E-state index in [9.17, 15) is 4.79 Å². The van der Waals surface area contributed by atoms with Crippen molar-refractivity contribution in [2.45, 2.75) is 6.54 Å². The number of aromatic nitrogens is 2. The smallest absolute Gasteiger partial charge is 0.255 e. The second-order valence-electron chi connectivity index (χ2n) is 4.44. The molecule has 0 aliphatic carbocycles. The Balaban J connectivity index is 1.88. The minimum absolute atomic E-state index is 0.174. The van der Waals surface area contributed by atoms with Gasteiger partial charge in [0.05, 0.1) is 11.4 Å². The summed E-state index contributed by atoms with van der Waals surface area (Å²) in [6.07, 6.45) is 3.37. The summed E-state index contributed by atoms with van der Waals surface area (Å²) >= 11 is 0. The van der Waals surface area contributed by atoms with Crippen LogP contribution < -0.4 is 11.1 Å². The van der Waals surface area contributed by atoms with Crippen LogP contribution in [0.2, 0.25) is 0 Å². The summed E-state index contributed by atoms with van der Waals surface area (Å²) in [4.78, 5) is 19.4. The second kappa shape index (κ2) is 5.14. The predicted octanol–water partition coefficient (Wildman–Crippen LogP) is 2.27. The summed E-state index contributed by atoms with van der Waals surface area (Å²) in [6.45, 7) is 0.314. The Morgan fingerprint density at radius 3 is 3.00 bits per heavy atom. The van der Waals surface area contributed by atoms with Crippen LogP contribution in [0.15, 0.2) is 48.8 Å². The normalized spacial score (nSPS) is 10.7. The van der Waals surface area contributed by atoms with E-state index >= 15 is 0 Å². The van der Waals surface area contributed by atoms with Crippen molar-refractivity contribution in [2.75, 3.05) is 5.32 Å². The Bertz CT molecular complexity index is 763. The van der Waals surface area contributed by atoms with Gasteiger partial charge in [-0.2, -0.15) is 0 Å². The first-order valence-corrected chi connectivity index (χ1v) is 6.30. The number of anilines is 1. The van der Waals surface area contributed by atoms with Crippen LogP contribution in [0.1, 0.15) is 16.1 Å². The molecule has 2 aromatic heterocycles. The number of hydrogen-bond donors (Lipinski definition) is 3. The Morgan fingerprint density at radius 1 is 1.30 bits per heavy atom. The van der Waals surface area contributed by atoms with E-state index in [1.807, 2.05) is 24.3 Å². The van der Waals surface area contributed by atoms with Gasteiger partial charge in [0.2, 0.25) is 0 Å². The molecule has 0 atom stereocenters. The van der Waals surface area contributed by atoms with Crippen LogP contribution in [0.5, 0.6) is 0 Å². The zero-order chi connectivity index (χ0) is 13.9. The number of nitrogens with one attached hydrogen (secondary N) is 2. The minimum atomic E-state index is -0.174. The average molecular weight is 266 g/mol. The van der Waals surface area contributed by atoms with Crippen LogP contribution in [0.25, 0.3) is 10.9 Å². The number of fused-ring (bicyclic) bond motifs is 1. The molecular weight excluding hydrogens is 252 g/mol. The number of para-hydroxylation sites is 1. The predicted molar refractivity (Wildman–Crippen MR) is 78.4 cm³/mol. The van der Waals surface area contributed by atoms with E-state index in [0.717, 1.165) is 16.6 Å². The summed E-state index contributed by atoms with van der Waals surface area (Å²) in [6, 6.07) is 11.2. The number of carbonyl (C=O) groups excluding carboxylic acids is 1. The first-order chi connectivity index (χ1) is 9.78. The molecule has 100 valence electrons. The van der Waals surface area contributed by atoms with Crippen LogP contribution in [0.3, 0.4) is 0 Å². The van der Waals surface area contributed by atoms with E-state index in [4.69, 9.17) is 5.73 Å². The molecule has 0 saturated carbocycles. The molecule has 0 unspecified atom stereocenters. The van der Waals surface area contributed by atoms with E-state index in [1.165, 1.54) is 0 Å². The lowest BCUT2D eigenvalue weighted by Crippen LogP contribution is -2.12. The van der Waals surface area contributed by atoms with Crippen molar-refractivity contribution in [3.63, 3.8) is 0 Å². The quantitative estimate of drug-likeness (QED) is 0.680. The highest BCUT2D eigenvalue weighted by molar-refractivity contribution is 6.08. The molecule has 5 nitrogen and oxygen atoms in total. The fourth-order valence-corrected chi connectivity index (χ4v) is 2.10. The molecule has 1 aromatic carbocycles. The molecule has 1 amide bonds. The number of hydrogen-bond acceptors (Lipinski definition) is 3. The van der Waals surface area contributed by atoms with Gasteiger partial charge in [0, 0.05) is 35.4 Å². The van der Waals surface area contributed by atoms with Crippen molar-refractivity contribution in [2.24, 2.45) is 5.73 Å². The van der Waals surface area contributed by atoms with Crippen molar-refractivity contribution >= 4 is 22.5 Å². The van der Waals surface area contributed by atoms with Gasteiger partial charge < -0.3 is 16.0 Å². The number of H-pyrrole nitrogens is 1. The molecule has 0 radical (unpaired) electrons. The lowest BCUT2D eigenvalue weighted by molar-refractivity contribution is 0.102. The average Bonchev–Trinajstić information content (AvgIpc) is 2.90. The van der Waals surface area contributed by atoms with Gasteiger partial charge in [-0.3, -0.25) is 9.78 Å². The van der Waals surface area contributed by atoms with Crippen molar-refractivity contribution < 1.29 is 4.79 Å². The lowest BCUT2D eigenvalue weighted by Gasteiger charge is -2.05. The molecule has 5 heteroatoms. The maximum Gasteiger partial charge on any atom is 0.255 e. The molecule has 0 aliphatic rings. The first kappa shape index (κ1) is 12.4. The summed E-state index contributed by atoms with van der Waals surface area (Å²) in [7, 11) is 0. The maximum atomic E-state index is 12.2. The zero-order valence-corrected chi connectivity index (χ0v) is 10.8. The number of benzene rings is 1. The Labute approximate surface area is 115 Å². The summed E-state index contributed by atoms with van der Waals surface area (Å²) in [5, 5.41) is 3.87. The van der Waals surface area contributed by atoms with E-state index in [2.05, 4.69) is 15.3 Å². The molecule has 0 fully saturated rings. The highest BCUT2D eigenvalue weighted by Gasteiger charge is 2.10. The van der Waals surface area contributed by atoms with Crippen molar-refractivity contribution in [3.05, 3.63) is 60.0 Å². The molecule has 3 aromatic rings. The number of nitrogens with zero attached hydrogens (tertiary/aromatic N) is 1. The van der Waals surface area contributed by atoms with Gasteiger partial charge in [0.1, 0.15) is 0 Å². The molecule has 3 rings (SSSR count). The summed E-state index contributed by atoms with van der Waals surface area (Å²) in [5.41, 5.74) is 8.52. The molecule has 0 aliphatic heterocycles. The Hall–Kier alpha value is -2.66. The van der Waals surface area contributed by atoms with E-state index < -0.39 is 0 Å². The SMILES string of the molecule is NCc1cc(C(=O)Nc2c[nH]c3ccccc23)ccn1. The van der Waals surface area contributed by atoms with Gasteiger partial charge in [0.15, 0.2) is 0 Å². The Morgan fingerprint density at radius 2 is 2.15 bits per heavy atom. The number of pyridine rings is 1. The lowest BCUT2D eigenvalue weighted by atomic mass is 10.2. The van der Waals surface area contributed by atoms with Gasteiger partial charge in [-0.05, 0) is 18.2 Å². The fourth-order valence-electron chi connectivity index (χ4n) is 2.10. The number of carbonyl (C=O) groups is 1. The van der Waals surface area contributed by atoms with Gasteiger partial charge in [-0.25, -0.2) is 0 Å². The highest BCUT2D eigenvalue weighted by Crippen LogP contribution is 2.23. The molecular formula is C15H14N4O. The molecule has 0 saturated heterocycles. The van der Waals surface area contributed by atoms with Gasteiger partial charge in [0.25, 0.3) is 5.91 Å². The second-order valence-corrected chi connectivity index (χ2v) is 4.44. The zero-order valence-electron chi connectivity index (χ0n) is 10.8. The first-order valence-electron chi connectivity index (χ1n) is 6.30. The minimum Gasteiger partial charge on any atom is -0.359 e. The van der Waals surface area contributed by atoms with Gasteiger partial charge >= 0.3 is 0 Å². The monoisotopic (exact) mass is 266 g/mol. The summed E-state index contributed by atoms with van der Waals surface area (Å²) < 4.78 is 0. The molecule has 0 bridgehead atoms. The van der Waals surface area contributed by atoms with Crippen molar-refractivity contribution in [1.29, 1.82) is 0 Å². The molecule has 2 heterocycles. The third-order valence-corrected chi connectivity index (χ3v) is 3.13. The standard InChI is InChI=1S/C15H14N4O/c16-8-11-7-10(5-6-17-11)15(20)19-14-9-18-13-4-2-1-3-12(13)14/h1-7,9,18H,8,16H2,(H,19,20). The van der Waals surface area contributed by atoms with Crippen LogP contribution in [-0.4, -0.2) is 15.9 Å². The number of amides is 1. The van der Waals surface area contributed by atoms with Crippen LogP contribution >= 0.6 is 0 Å². The third kappa shape index (κ3) is 2.26. The van der Waals surface area contributed by atoms with Gasteiger partial charge in [-0.1, -0.05) is 18.2 Å². The van der Waals surface area contributed by atoms with Crippen molar-refractivity contribution in [3.8, 4) is 0 Å². The molecule has 4 N–H and O–H groups in total. The van der Waals surface area contributed by atoms with Crippen LogP contribution in [-0.2, 0) is 6.54 Å². The van der Waals surface area contributed by atoms with E-state index in [-0.39, 0.29) is 5.91 Å². The maximum absolute atomic E-state index is 12.2.